The lowest BCUT2D eigenvalue weighted by Crippen LogP contribution is -2.41. The van der Waals surface area contributed by atoms with Crippen LogP contribution in [0, 0.1) is 0 Å². The topological polar surface area (TPSA) is 63.6 Å². The molecule has 5 heteroatoms. The lowest BCUT2D eigenvalue weighted by molar-refractivity contribution is -0.133. The standard InChI is InChI=1S/C17H19NO3S/c1-17(2,3)22(21)18-12-8-7-11-14(15(18)16(19)20)13-9-5-4-6-10-13/h4-12H,1-3H3,(H,19,20). The van der Waals surface area contributed by atoms with Crippen molar-refractivity contribution in [2.45, 2.75) is 25.5 Å². The van der Waals surface area contributed by atoms with E-state index in [0.29, 0.717) is 5.57 Å². The molecule has 0 aromatic heterocycles. The number of carbonyl (C=O) groups is 1. The van der Waals surface area contributed by atoms with E-state index in [1.54, 1.807) is 24.4 Å². The van der Waals surface area contributed by atoms with Crippen molar-refractivity contribution < 1.29 is 14.5 Å². The maximum absolute atomic E-state index is 12.7. The minimum Gasteiger partial charge on any atom is -0.592 e. The summed E-state index contributed by atoms with van der Waals surface area (Å²) in [4.78, 5) is 11.8. The molecule has 0 fully saturated rings. The minimum atomic E-state index is -1.51. The van der Waals surface area contributed by atoms with Gasteiger partial charge < -0.3 is 9.66 Å². The van der Waals surface area contributed by atoms with Crippen molar-refractivity contribution in [3.8, 4) is 0 Å². The van der Waals surface area contributed by atoms with Crippen LogP contribution in [0.3, 0.4) is 0 Å². The first-order valence-corrected chi connectivity index (χ1v) is 8.02. The van der Waals surface area contributed by atoms with Gasteiger partial charge in [0.1, 0.15) is 4.75 Å². The maximum atomic E-state index is 12.7. The van der Waals surface area contributed by atoms with Crippen LogP contribution in [-0.4, -0.2) is 24.7 Å². The lowest BCUT2D eigenvalue weighted by atomic mass is 10.0. The minimum absolute atomic E-state index is 0.0180. The monoisotopic (exact) mass is 317 g/mol. The molecule has 1 atom stereocenters. The molecular weight excluding hydrogens is 298 g/mol. The normalized spacial score (nSPS) is 16.6. The van der Waals surface area contributed by atoms with E-state index in [-0.39, 0.29) is 5.70 Å². The highest BCUT2D eigenvalue weighted by molar-refractivity contribution is 7.90. The van der Waals surface area contributed by atoms with Crippen LogP contribution >= 0.6 is 0 Å². The van der Waals surface area contributed by atoms with Crippen LogP contribution in [0.25, 0.3) is 5.57 Å². The van der Waals surface area contributed by atoms with Crippen LogP contribution in [0.4, 0.5) is 0 Å². The first-order chi connectivity index (χ1) is 10.3. The summed E-state index contributed by atoms with van der Waals surface area (Å²) < 4.78 is 13.5. The molecule has 0 spiro atoms. The van der Waals surface area contributed by atoms with Gasteiger partial charge in [0.05, 0.1) is 17.6 Å². The predicted octanol–water partition coefficient (Wildman–Crippen LogP) is 3.33. The highest BCUT2D eigenvalue weighted by atomic mass is 32.2. The molecule has 0 saturated carbocycles. The quantitative estimate of drug-likeness (QED) is 0.869. The summed E-state index contributed by atoms with van der Waals surface area (Å²) in [5, 5.41) is 9.68. The van der Waals surface area contributed by atoms with Crippen LogP contribution in [0.1, 0.15) is 26.3 Å². The summed E-state index contributed by atoms with van der Waals surface area (Å²) in [7, 11) is 0. The highest BCUT2D eigenvalue weighted by Crippen LogP contribution is 2.31. The second-order valence-electron chi connectivity index (χ2n) is 5.82. The largest absolute Gasteiger partial charge is 0.592 e. The molecule has 0 amide bonds. The van der Waals surface area contributed by atoms with Gasteiger partial charge in [-0.2, -0.15) is 4.31 Å². The molecule has 1 heterocycles. The summed E-state index contributed by atoms with van der Waals surface area (Å²) in [6, 6.07) is 9.24. The van der Waals surface area contributed by atoms with Gasteiger partial charge in [-0.25, -0.2) is 4.79 Å². The van der Waals surface area contributed by atoms with Crippen LogP contribution in [0.15, 0.2) is 60.5 Å². The molecule has 1 aliphatic rings. The first kappa shape index (κ1) is 16.4. The number of allylic oxidation sites excluding steroid dienone is 4. The molecule has 2 rings (SSSR count). The fraction of sp³-hybridized carbons (Fsp3) is 0.235. The Balaban J connectivity index is 2.62. The highest BCUT2D eigenvalue weighted by Gasteiger charge is 2.37. The van der Waals surface area contributed by atoms with Gasteiger partial charge in [0.25, 0.3) is 0 Å². The SMILES string of the molecule is CC(C)(C)[S+]([O-])N1C=CC=CC(c2ccccc2)=C1C(=O)O. The molecule has 1 unspecified atom stereocenters. The van der Waals surface area contributed by atoms with Crippen molar-refractivity contribution in [2.24, 2.45) is 0 Å². The molecule has 1 N–H and O–H groups in total. The molecular formula is C17H19NO3S. The van der Waals surface area contributed by atoms with Gasteiger partial charge in [-0.3, -0.25) is 0 Å². The molecule has 1 aromatic rings. The van der Waals surface area contributed by atoms with E-state index in [2.05, 4.69) is 0 Å². The fourth-order valence-corrected chi connectivity index (χ4v) is 3.16. The van der Waals surface area contributed by atoms with Crippen molar-refractivity contribution in [2.75, 3.05) is 0 Å². The molecule has 1 aliphatic heterocycles. The number of carboxylic acids is 1. The Morgan fingerprint density at radius 2 is 1.82 bits per heavy atom. The van der Waals surface area contributed by atoms with Crippen molar-refractivity contribution in [3.63, 3.8) is 0 Å². The Morgan fingerprint density at radius 3 is 2.36 bits per heavy atom. The number of carboxylic acid groups (broad SMARTS) is 1. The van der Waals surface area contributed by atoms with E-state index < -0.39 is 22.1 Å². The van der Waals surface area contributed by atoms with Crippen molar-refractivity contribution >= 4 is 22.9 Å². The van der Waals surface area contributed by atoms with Crippen molar-refractivity contribution in [3.05, 3.63) is 66.0 Å². The molecule has 0 radical (unpaired) electrons. The summed E-state index contributed by atoms with van der Waals surface area (Å²) in [5.41, 5.74) is 1.33. The van der Waals surface area contributed by atoms with Crippen LogP contribution in [0.2, 0.25) is 0 Å². The molecule has 0 bridgehead atoms. The summed E-state index contributed by atoms with van der Waals surface area (Å²) in [5.74, 6) is -1.10. The number of benzene rings is 1. The fourth-order valence-electron chi connectivity index (χ4n) is 2.05. The van der Waals surface area contributed by atoms with Gasteiger partial charge >= 0.3 is 5.97 Å². The molecule has 1 aromatic carbocycles. The third-order valence-electron chi connectivity index (χ3n) is 3.06. The van der Waals surface area contributed by atoms with E-state index in [9.17, 15) is 14.5 Å². The van der Waals surface area contributed by atoms with Crippen molar-refractivity contribution in [1.82, 2.24) is 4.31 Å². The molecule has 4 nitrogen and oxygen atoms in total. The predicted molar refractivity (Wildman–Crippen MR) is 89.0 cm³/mol. The van der Waals surface area contributed by atoms with E-state index in [4.69, 9.17) is 0 Å². The molecule has 116 valence electrons. The van der Waals surface area contributed by atoms with Gasteiger partial charge in [-0.1, -0.05) is 42.5 Å². The van der Waals surface area contributed by atoms with Gasteiger partial charge in [0.15, 0.2) is 5.70 Å². The van der Waals surface area contributed by atoms with E-state index in [0.717, 1.165) is 5.56 Å². The zero-order chi connectivity index (χ0) is 16.3. The average Bonchev–Trinajstić information content (AvgIpc) is 2.68. The number of rotatable bonds is 3. The van der Waals surface area contributed by atoms with Crippen LogP contribution in [-0.2, 0) is 16.2 Å². The Labute approximate surface area is 133 Å². The van der Waals surface area contributed by atoms with Gasteiger partial charge in [0.2, 0.25) is 0 Å². The zero-order valence-electron chi connectivity index (χ0n) is 12.8. The zero-order valence-corrected chi connectivity index (χ0v) is 13.6. The lowest BCUT2D eigenvalue weighted by Gasteiger charge is -2.32. The van der Waals surface area contributed by atoms with Gasteiger partial charge in [-0.05, 0) is 32.4 Å². The average molecular weight is 317 g/mol. The Kier molecular flexibility index (Phi) is 4.78. The molecule has 0 aliphatic carbocycles. The smallest absolute Gasteiger partial charge is 0.357 e. The summed E-state index contributed by atoms with van der Waals surface area (Å²) >= 11 is -1.51. The number of nitrogens with zero attached hydrogens (tertiary/aromatic N) is 1. The van der Waals surface area contributed by atoms with E-state index >= 15 is 0 Å². The Bertz CT molecular complexity index is 642. The Morgan fingerprint density at radius 1 is 1.18 bits per heavy atom. The maximum Gasteiger partial charge on any atom is 0.357 e. The van der Waals surface area contributed by atoms with E-state index in [1.807, 2.05) is 51.1 Å². The number of hydrogen-bond donors (Lipinski definition) is 1. The van der Waals surface area contributed by atoms with Crippen LogP contribution in [0.5, 0.6) is 0 Å². The van der Waals surface area contributed by atoms with E-state index in [1.165, 1.54) is 4.31 Å². The third-order valence-corrected chi connectivity index (χ3v) is 4.77. The second kappa shape index (κ2) is 6.42. The van der Waals surface area contributed by atoms with Crippen molar-refractivity contribution in [1.29, 1.82) is 0 Å². The summed E-state index contributed by atoms with van der Waals surface area (Å²) in [6.45, 7) is 5.45. The third kappa shape index (κ3) is 3.43. The molecule has 22 heavy (non-hydrogen) atoms. The number of aliphatic carboxylic acids is 1. The summed E-state index contributed by atoms with van der Waals surface area (Å²) in [6.07, 6.45) is 6.74. The second-order valence-corrected chi connectivity index (χ2v) is 7.94. The molecule has 0 saturated heterocycles. The number of hydrogen-bond acceptors (Lipinski definition) is 3. The first-order valence-electron chi connectivity index (χ1n) is 6.91. The van der Waals surface area contributed by atoms with Gasteiger partial charge in [0, 0.05) is 5.57 Å². The Hall–Kier alpha value is -1.98. The van der Waals surface area contributed by atoms with Gasteiger partial charge in [-0.15, -0.1) is 0 Å². The van der Waals surface area contributed by atoms with Crippen LogP contribution < -0.4 is 0 Å².